The molecule has 2 N–H and O–H groups in total. The number of hydrogen-bond acceptors (Lipinski definition) is 2. The van der Waals surface area contributed by atoms with Crippen molar-refractivity contribution in [1.29, 1.82) is 0 Å². The molecule has 0 saturated heterocycles. The lowest BCUT2D eigenvalue weighted by Crippen LogP contribution is -2.50. The second-order valence-corrected chi connectivity index (χ2v) is 3.96. The van der Waals surface area contributed by atoms with Crippen LogP contribution in [0.2, 0.25) is 0 Å². The van der Waals surface area contributed by atoms with Gasteiger partial charge in [-0.1, -0.05) is 12.1 Å². The summed E-state index contributed by atoms with van der Waals surface area (Å²) in [6.07, 6.45) is -5.93. The summed E-state index contributed by atoms with van der Waals surface area (Å²) in [6, 6.07) is 6.66. The Morgan fingerprint density at radius 2 is 1.85 bits per heavy atom. The van der Waals surface area contributed by atoms with E-state index in [2.05, 4.69) is 9.97 Å². The average molecular weight is 293 g/mol. The highest BCUT2D eigenvalue weighted by Gasteiger charge is 2.63. The van der Waals surface area contributed by atoms with E-state index in [9.17, 15) is 26.7 Å². The van der Waals surface area contributed by atoms with E-state index in [0.29, 0.717) is 11.0 Å². The molecular formula is C11H8F5N3O. The zero-order valence-corrected chi connectivity index (χ0v) is 9.76. The lowest BCUT2D eigenvalue weighted by atomic mass is 10.3. The molecular weight excluding hydrogens is 285 g/mol. The molecule has 9 heteroatoms. The van der Waals surface area contributed by atoms with E-state index in [1.807, 2.05) is 0 Å². The maximum absolute atomic E-state index is 12.7. The van der Waals surface area contributed by atoms with Crippen molar-refractivity contribution in [2.45, 2.75) is 18.6 Å². The van der Waals surface area contributed by atoms with E-state index in [1.54, 1.807) is 24.3 Å². The topological polar surface area (TPSA) is 57.8 Å². The molecule has 1 heterocycles. The van der Waals surface area contributed by atoms with E-state index in [4.69, 9.17) is 0 Å². The van der Waals surface area contributed by atoms with Gasteiger partial charge in [-0.3, -0.25) is 4.79 Å². The van der Waals surface area contributed by atoms with Crippen molar-refractivity contribution < 1.29 is 26.7 Å². The molecule has 0 aliphatic rings. The Bertz CT molecular complexity index is 601. The first kappa shape index (κ1) is 14.2. The average Bonchev–Trinajstić information content (AvgIpc) is 2.77. The number of imidazole rings is 1. The van der Waals surface area contributed by atoms with E-state index < -0.39 is 24.6 Å². The minimum absolute atomic E-state index is 0.0810. The highest BCUT2D eigenvalue weighted by molar-refractivity contribution is 5.84. The number of amides is 1. The third-order valence-electron chi connectivity index (χ3n) is 2.50. The molecule has 1 aromatic carbocycles. The van der Waals surface area contributed by atoms with Crippen LogP contribution in [-0.4, -0.2) is 28.0 Å². The molecule has 2 aromatic rings. The van der Waals surface area contributed by atoms with Crippen LogP contribution in [0.25, 0.3) is 11.0 Å². The SMILES string of the molecule is O=C(NCc1nc2ccccc2[nH]1)C(F)(F)C(F)(F)F. The number of rotatable bonds is 3. The summed E-state index contributed by atoms with van der Waals surface area (Å²) in [4.78, 5) is 17.5. The minimum atomic E-state index is -5.93. The largest absolute Gasteiger partial charge is 0.463 e. The molecule has 108 valence electrons. The Balaban J connectivity index is 2.07. The monoisotopic (exact) mass is 293 g/mol. The number of aromatic amines is 1. The van der Waals surface area contributed by atoms with E-state index >= 15 is 0 Å². The summed E-state index contributed by atoms with van der Waals surface area (Å²) in [5, 5.41) is 1.50. The van der Waals surface area contributed by atoms with Gasteiger partial charge in [0.1, 0.15) is 5.82 Å². The van der Waals surface area contributed by atoms with Gasteiger partial charge in [-0.2, -0.15) is 22.0 Å². The fourth-order valence-electron chi connectivity index (χ4n) is 1.49. The fourth-order valence-corrected chi connectivity index (χ4v) is 1.49. The van der Waals surface area contributed by atoms with Crippen LogP contribution in [0.5, 0.6) is 0 Å². The first-order valence-corrected chi connectivity index (χ1v) is 5.38. The van der Waals surface area contributed by atoms with Gasteiger partial charge in [0, 0.05) is 0 Å². The molecule has 0 bridgehead atoms. The smallest absolute Gasteiger partial charge is 0.343 e. The van der Waals surface area contributed by atoms with Crippen LogP contribution in [0.3, 0.4) is 0 Å². The van der Waals surface area contributed by atoms with Crippen molar-refractivity contribution in [3.63, 3.8) is 0 Å². The minimum Gasteiger partial charge on any atom is -0.343 e. The molecule has 1 amide bonds. The predicted octanol–water partition coefficient (Wildman–Crippen LogP) is 2.38. The molecule has 20 heavy (non-hydrogen) atoms. The molecule has 0 spiro atoms. The molecule has 0 fully saturated rings. The summed E-state index contributed by atoms with van der Waals surface area (Å²) in [6.45, 7) is -0.556. The third-order valence-corrected chi connectivity index (χ3v) is 2.50. The summed E-state index contributed by atoms with van der Waals surface area (Å²) >= 11 is 0. The van der Waals surface area contributed by atoms with Gasteiger partial charge in [-0.25, -0.2) is 4.98 Å². The van der Waals surface area contributed by atoms with Crippen molar-refractivity contribution in [3.05, 3.63) is 30.1 Å². The number of alkyl halides is 5. The number of para-hydroxylation sites is 2. The Hall–Kier alpha value is -2.19. The van der Waals surface area contributed by atoms with Gasteiger partial charge in [-0.05, 0) is 12.1 Å². The Morgan fingerprint density at radius 3 is 2.45 bits per heavy atom. The van der Waals surface area contributed by atoms with E-state index in [0.717, 1.165) is 0 Å². The fraction of sp³-hybridized carbons (Fsp3) is 0.273. The number of nitrogens with zero attached hydrogens (tertiary/aromatic N) is 1. The van der Waals surface area contributed by atoms with Crippen LogP contribution in [0.1, 0.15) is 5.82 Å². The Morgan fingerprint density at radius 1 is 1.20 bits per heavy atom. The summed E-state index contributed by atoms with van der Waals surface area (Å²) in [5.41, 5.74) is 1.10. The second-order valence-electron chi connectivity index (χ2n) is 3.96. The van der Waals surface area contributed by atoms with E-state index in [1.165, 1.54) is 5.32 Å². The first-order valence-electron chi connectivity index (χ1n) is 5.38. The summed E-state index contributed by atoms with van der Waals surface area (Å²) in [5.74, 6) is -7.76. The van der Waals surface area contributed by atoms with Gasteiger partial charge < -0.3 is 10.3 Å². The highest BCUT2D eigenvalue weighted by atomic mass is 19.4. The number of halogens is 5. The van der Waals surface area contributed by atoms with Gasteiger partial charge in [0.25, 0.3) is 0 Å². The first-order chi connectivity index (χ1) is 9.22. The maximum atomic E-state index is 12.7. The number of aromatic nitrogens is 2. The molecule has 0 saturated carbocycles. The normalized spacial score (nSPS) is 12.7. The maximum Gasteiger partial charge on any atom is 0.463 e. The van der Waals surface area contributed by atoms with Crippen molar-refractivity contribution >= 4 is 16.9 Å². The number of H-pyrrole nitrogens is 1. The summed E-state index contributed by atoms with van der Waals surface area (Å²) < 4.78 is 61.2. The second kappa shape index (κ2) is 4.73. The van der Waals surface area contributed by atoms with Crippen molar-refractivity contribution in [2.24, 2.45) is 0 Å². The van der Waals surface area contributed by atoms with Crippen LogP contribution in [0.4, 0.5) is 22.0 Å². The molecule has 2 rings (SSSR count). The van der Waals surface area contributed by atoms with Crippen molar-refractivity contribution in [3.8, 4) is 0 Å². The zero-order chi connectivity index (χ0) is 15.0. The molecule has 0 aliphatic carbocycles. The van der Waals surface area contributed by atoms with Crippen LogP contribution >= 0.6 is 0 Å². The highest BCUT2D eigenvalue weighted by Crippen LogP contribution is 2.35. The Labute approximate surface area is 109 Å². The van der Waals surface area contributed by atoms with Gasteiger partial charge in [-0.15, -0.1) is 0 Å². The number of carbonyl (C=O) groups is 1. The number of nitrogens with one attached hydrogen (secondary N) is 2. The van der Waals surface area contributed by atoms with Crippen LogP contribution in [0.15, 0.2) is 24.3 Å². The Kier molecular flexibility index (Phi) is 3.36. The number of benzene rings is 1. The van der Waals surface area contributed by atoms with Gasteiger partial charge in [0.15, 0.2) is 0 Å². The standard InChI is InChI=1S/C11H8F5N3O/c12-10(13,11(14,15)16)9(20)17-5-8-18-6-3-1-2-4-7(6)19-8/h1-4H,5H2,(H,17,20)(H,18,19). The van der Waals surface area contributed by atoms with Crippen molar-refractivity contribution in [2.75, 3.05) is 0 Å². The van der Waals surface area contributed by atoms with Crippen molar-refractivity contribution in [1.82, 2.24) is 15.3 Å². The lowest BCUT2D eigenvalue weighted by Gasteiger charge is -2.18. The summed E-state index contributed by atoms with van der Waals surface area (Å²) in [7, 11) is 0. The molecule has 0 aliphatic heterocycles. The molecule has 0 atom stereocenters. The van der Waals surface area contributed by atoms with Gasteiger partial charge in [0.05, 0.1) is 17.6 Å². The lowest BCUT2D eigenvalue weighted by molar-refractivity contribution is -0.269. The zero-order valence-electron chi connectivity index (χ0n) is 9.76. The number of hydrogen-bond donors (Lipinski definition) is 2. The van der Waals surface area contributed by atoms with Crippen LogP contribution in [-0.2, 0) is 11.3 Å². The molecule has 0 radical (unpaired) electrons. The number of fused-ring (bicyclic) bond motifs is 1. The predicted molar refractivity (Wildman–Crippen MR) is 58.9 cm³/mol. The molecule has 4 nitrogen and oxygen atoms in total. The van der Waals surface area contributed by atoms with Crippen LogP contribution in [0, 0.1) is 0 Å². The number of carbonyl (C=O) groups excluding carboxylic acids is 1. The molecule has 0 unspecified atom stereocenters. The molecule has 1 aromatic heterocycles. The van der Waals surface area contributed by atoms with E-state index in [-0.39, 0.29) is 5.82 Å². The quantitative estimate of drug-likeness (QED) is 0.854. The third kappa shape index (κ3) is 2.56. The van der Waals surface area contributed by atoms with Crippen LogP contribution < -0.4 is 5.32 Å². The van der Waals surface area contributed by atoms with Gasteiger partial charge in [0.2, 0.25) is 0 Å². The van der Waals surface area contributed by atoms with Gasteiger partial charge >= 0.3 is 18.0 Å².